The van der Waals surface area contributed by atoms with Crippen molar-refractivity contribution < 1.29 is 14.3 Å². The molecule has 0 aliphatic carbocycles. The first-order chi connectivity index (χ1) is 11.8. The summed E-state index contributed by atoms with van der Waals surface area (Å²) >= 11 is 0. The molecule has 5 nitrogen and oxygen atoms in total. The molecule has 1 aromatic carbocycles. The molecule has 0 spiro atoms. The Morgan fingerprint density at radius 2 is 1.60 bits per heavy atom. The maximum Gasteiger partial charge on any atom is 0.227 e. The molecule has 1 aliphatic heterocycles. The van der Waals surface area contributed by atoms with Gasteiger partial charge in [0.25, 0.3) is 0 Å². The number of benzene rings is 1. The Bertz CT molecular complexity index is 659. The molecular weight excluding hydrogens is 316 g/mol. The second kappa shape index (κ2) is 7.89. The van der Waals surface area contributed by atoms with E-state index in [0.717, 1.165) is 28.0 Å². The molecule has 0 saturated carbocycles. The fourth-order valence-corrected chi connectivity index (χ4v) is 3.46. The van der Waals surface area contributed by atoms with E-state index in [1.54, 1.807) is 7.11 Å². The smallest absolute Gasteiger partial charge is 0.227 e. The Kier molecular flexibility index (Phi) is 6.09. The first-order valence-electron chi connectivity index (χ1n) is 8.96. The van der Waals surface area contributed by atoms with Crippen molar-refractivity contribution >= 4 is 11.8 Å². The lowest BCUT2D eigenvalue weighted by atomic mass is 9.96. The number of amides is 2. The highest BCUT2D eigenvalue weighted by Gasteiger charge is 2.25. The van der Waals surface area contributed by atoms with E-state index in [0.29, 0.717) is 32.6 Å². The van der Waals surface area contributed by atoms with Crippen molar-refractivity contribution in [1.29, 1.82) is 0 Å². The number of carbonyl (C=O) groups is 2. The number of nitrogens with zero attached hydrogens (tertiary/aromatic N) is 2. The maximum atomic E-state index is 12.7. The van der Waals surface area contributed by atoms with Gasteiger partial charge < -0.3 is 14.5 Å². The molecule has 138 valence electrons. The number of ether oxygens (including phenoxy) is 1. The Hall–Kier alpha value is -2.04. The topological polar surface area (TPSA) is 49.9 Å². The van der Waals surface area contributed by atoms with Gasteiger partial charge in [-0.3, -0.25) is 9.59 Å². The lowest BCUT2D eigenvalue weighted by Gasteiger charge is -2.35. The van der Waals surface area contributed by atoms with Crippen molar-refractivity contribution in [3.63, 3.8) is 0 Å². The highest BCUT2D eigenvalue weighted by molar-refractivity contribution is 5.81. The number of carbonyl (C=O) groups excluding carboxylic acids is 2. The van der Waals surface area contributed by atoms with E-state index in [-0.39, 0.29) is 17.7 Å². The van der Waals surface area contributed by atoms with Crippen molar-refractivity contribution in [2.24, 2.45) is 5.92 Å². The molecule has 1 aromatic rings. The SMILES string of the molecule is COc1c(C)cc(CC(=O)N2CCN(C(=O)C(C)C)CC2)c(C)c1C. The predicted molar refractivity (Wildman–Crippen MR) is 98.9 cm³/mol. The summed E-state index contributed by atoms with van der Waals surface area (Å²) in [5, 5.41) is 0. The quantitative estimate of drug-likeness (QED) is 0.842. The third kappa shape index (κ3) is 4.14. The van der Waals surface area contributed by atoms with Gasteiger partial charge in [-0.2, -0.15) is 0 Å². The van der Waals surface area contributed by atoms with Crippen LogP contribution in [0, 0.1) is 26.7 Å². The summed E-state index contributed by atoms with van der Waals surface area (Å²) in [6.07, 6.45) is 0.398. The van der Waals surface area contributed by atoms with Gasteiger partial charge in [0.1, 0.15) is 5.75 Å². The Morgan fingerprint density at radius 1 is 1.04 bits per heavy atom. The molecule has 1 aliphatic rings. The zero-order valence-corrected chi connectivity index (χ0v) is 16.3. The van der Waals surface area contributed by atoms with Gasteiger partial charge in [0, 0.05) is 32.1 Å². The third-order valence-corrected chi connectivity index (χ3v) is 5.12. The van der Waals surface area contributed by atoms with Gasteiger partial charge in [-0.25, -0.2) is 0 Å². The summed E-state index contributed by atoms with van der Waals surface area (Å²) < 4.78 is 5.45. The van der Waals surface area contributed by atoms with Crippen LogP contribution in [0.3, 0.4) is 0 Å². The van der Waals surface area contributed by atoms with Crippen LogP contribution in [0.2, 0.25) is 0 Å². The second-order valence-electron chi connectivity index (χ2n) is 7.17. The molecule has 1 fully saturated rings. The van der Waals surface area contributed by atoms with E-state index in [9.17, 15) is 9.59 Å². The van der Waals surface area contributed by atoms with E-state index in [2.05, 4.69) is 6.07 Å². The van der Waals surface area contributed by atoms with E-state index < -0.39 is 0 Å². The van der Waals surface area contributed by atoms with Crippen molar-refractivity contribution in [3.8, 4) is 5.75 Å². The van der Waals surface area contributed by atoms with Gasteiger partial charge in [0.15, 0.2) is 0 Å². The van der Waals surface area contributed by atoms with Gasteiger partial charge in [-0.15, -0.1) is 0 Å². The second-order valence-corrected chi connectivity index (χ2v) is 7.17. The minimum Gasteiger partial charge on any atom is -0.496 e. The van der Waals surface area contributed by atoms with Gasteiger partial charge in [0.2, 0.25) is 11.8 Å². The lowest BCUT2D eigenvalue weighted by Crippen LogP contribution is -2.51. The number of piperazine rings is 1. The lowest BCUT2D eigenvalue weighted by molar-refractivity contribution is -0.141. The Balaban J connectivity index is 2.03. The molecule has 0 unspecified atom stereocenters. The first kappa shape index (κ1) is 19.3. The predicted octanol–water partition coefficient (Wildman–Crippen LogP) is 2.49. The van der Waals surface area contributed by atoms with Crippen LogP contribution in [0.5, 0.6) is 5.75 Å². The van der Waals surface area contributed by atoms with Crippen LogP contribution in [0.25, 0.3) is 0 Å². The third-order valence-electron chi connectivity index (χ3n) is 5.12. The zero-order chi connectivity index (χ0) is 18.7. The van der Waals surface area contributed by atoms with E-state index in [1.165, 1.54) is 0 Å². The first-order valence-corrected chi connectivity index (χ1v) is 8.96. The largest absolute Gasteiger partial charge is 0.496 e. The fourth-order valence-electron chi connectivity index (χ4n) is 3.46. The summed E-state index contributed by atoms with van der Waals surface area (Å²) in [5.41, 5.74) is 4.32. The van der Waals surface area contributed by atoms with Crippen LogP contribution in [0.4, 0.5) is 0 Å². The average Bonchev–Trinajstić information content (AvgIpc) is 2.59. The summed E-state index contributed by atoms with van der Waals surface area (Å²) in [7, 11) is 1.68. The van der Waals surface area contributed by atoms with E-state index in [4.69, 9.17) is 4.74 Å². The molecule has 2 rings (SSSR count). The normalized spacial score (nSPS) is 14.8. The van der Waals surface area contributed by atoms with Crippen LogP contribution in [-0.2, 0) is 16.0 Å². The minimum atomic E-state index is 0.00940. The Morgan fingerprint density at radius 3 is 2.12 bits per heavy atom. The molecule has 0 N–H and O–H groups in total. The molecule has 0 aromatic heterocycles. The number of hydrogen-bond donors (Lipinski definition) is 0. The minimum absolute atomic E-state index is 0.00940. The summed E-state index contributed by atoms with van der Waals surface area (Å²) in [5.74, 6) is 1.21. The molecule has 5 heteroatoms. The van der Waals surface area contributed by atoms with Crippen molar-refractivity contribution in [1.82, 2.24) is 9.80 Å². The van der Waals surface area contributed by atoms with Crippen molar-refractivity contribution in [2.45, 2.75) is 41.0 Å². The summed E-state index contributed by atoms with van der Waals surface area (Å²) in [6.45, 7) is 12.4. The monoisotopic (exact) mass is 346 g/mol. The van der Waals surface area contributed by atoms with Gasteiger partial charge in [-0.05, 0) is 43.0 Å². The zero-order valence-electron chi connectivity index (χ0n) is 16.3. The molecule has 1 saturated heterocycles. The highest BCUT2D eigenvalue weighted by atomic mass is 16.5. The van der Waals surface area contributed by atoms with Crippen LogP contribution >= 0.6 is 0 Å². The fraction of sp³-hybridized carbons (Fsp3) is 0.600. The number of aryl methyl sites for hydroxylation is 1. The summed E-state index contributed by atoms with van der Waals surface area (Å²) in [4.78, 5) is 28.5. The van der Waals surface area contributed by atoms with E-state index in [1.807, 2.05) is 44.4 Å². The molecule has 1 heterocycles. The van der Waals surface area contributed by atoms with Gasteiger partial charge >= 0.3 is 0 Å². The van der Waals surface area contributed by atoms with Crippen molar-refractivity contribution in [2.75, 3.05) is 33.3 Å². The van der Waals surface area contributed by atoms with Crippen molar-refractivity contribution in [3.05, 3.63) is 28.3 Å². The molecular formula is C20H30N2O3. The molecule has 0 radical (unpaired) electrons. The Labute approximate surface area is 150 Å². The van der Waals surface area contributed by atoms with Crippen LogP contribution in [0.15, 0.2) is 6.07 Å². The standard InChI is InChI=1S/C20H30N2O3/c1-13(2)20(24)22-9-7-21(8-10-22)18(23)12-17-11-14(3)19(25-6)16(5)15(17)4/h11,13H,7-10,12H2,1-6H3. The highest BCUT2D eigenvalue weighted by Crippen LogP contribution is 2.29. The molecule has 2 amide bonds. The molecule has 0 bridgehead atoms. The van der Waals surface area contributed by atoms with Crippen LogP contribution < -0.4 is 4.74 Å². The van der Waals surface area contributed by atoms with Gasteiger partial charge in [0.05, 0.1) is 13.5 Å². The maximum absolute atomic E-state index is 12.7. The van der Waals surface area contributed by atoms with Crippen LogP contribution in [0.1, 0.15) is 36.1 Å². The molecule has 25 heavy (non-hydrogen) atoms. The van der Waals surface area contributed by atoms with Gasteiger partial charge in [-0.1, -0.05) is 19.9 Å². The average molecular weight is 346 g/mol. The number of hydrogen-bond acceptors (Lipinski definition) is 3. The summed E-state index contributed by atoms with van der Waals surface area (Å²) in [6, 6.07) is 2.05. The number of rotatable bonds is 4. The number of methoxy groups -OCH3 is 1. The molecule has 0 atom stereocenters. The van der Waals surface area contributed by atoms with E-state index >= 15 is 0 Å². The van der Waals surface area contributed by atoms with Crippen LogP contribution in [-0.4, -0.2) is 54.9 Å².